The summed E-state index contributed by atoms with van der Waals surface area (Å²) >= 11 is 0. The minimum absolute atomic E-state index is 0.846. The van der Waals surface area contributed by atoms with E-state index in [0.717, 1.165) is 24.6 Å². The van der Waals surface area contributed by atoms with Gasteiger partial charge in [0.05, 0.1) is 14.2 Å². The fourth-order valence-electron chi connectivity index (χ4n) is 2.64. The smallest absolute Gasteiger partial charge is 0.122 e. The second-order valence-electron chi connectivity index (χ2n) is 5.30. The topological polar surface area (TPSA) is 33.7 Å². The highest BCUT2D eigenvalue weighted by atomic mass is 16.5. The van der Waals surface area contributed by atoms with Crippen molar-refractivity contribution in [2.45, 2.75) is 25.8 Å². The summed E-state index contributed by atoms with van der Waals surface area (Å²) in [6, 6.07) is 6.00. The Morgan fingerprint density at radius 1 is 1.05 bits per heavy atom. The average molecular weight is 278 g/mol. The van der Waals surface area contributed by atoms with E-state index in [2.05, 4.69) is 22.3 Å². The van der Waals surface area contributed by atoms with Gasteiger partial charge < -0.3 is 19.7 Å². The first-order valence-corrected chi connectivity index (χ1v) is 7.47. The Kier molecular flexibility index (Phi) is 6.15. The van der Waals surface area contributed by atoms with Gasteiger partial charge >= 0.3 is 0 Å². The Morgan fingerprint density at radius 3 is 2.30 bits per heavy atom. The Hall–Kier alpha value is -1.26. The lowest BCUT2D eigenvalue weighted by Crippen LogP contribution is -2.24. The summed E-state index contributed by atoms with van der Waals surface area (Å²) < 4.78 is 10.6. The number of ether oxygens (including phenoxy) is 2. The Labute approximate surface area is 122 Å². The Bertz CT molecular complexity index is 381. The molecule has 4 heteroatoms. The molecular formula is C16H26N2O2. The molecule has 0 radical (unpaired) electrons. The number of hydrogen-bond donors (Lipinski definition) is 1. The van der Waals surface area contributed by atoms with Gasteiger partial charge in [0, 0.05) is 12.6 Å². The number of nitrogens with zero attached hydrogens (tertiary/aromatic N) is 1. The van der Waals surface area contributed by atoms with Crippen molar-refractivity contribution >= 4 is 0 Å². The van der Waals surface area contributed by atoms with Crippen molar-refractivity contribution in [3.63, 3.8) is 0 Å². The molecule has 1 aromatic rings. The van der Waals surface area contributed by atoms with Crippen LogP contribution in [-0.4, -0.2) is 45.3 Å². The minimum Gasteiger partial charge on any atom is -0.497 e. The highest BCUT2D eigenvalue weighted by Gasteiger charge is 2.10. The van der Waals surface area contributed by atoms with Crippen LogP contribution >= 0.6 is 0 Å². The molecule has 1 heterocycles. The first-order valence-electron chi connectivity index (χ1n) is 7.47. The first-order chi connectivity index (χ1) is 9.81. The second kappa shape index (κ2) is 8.12. The highest BCUT2D eigenvalue weighted by molar-refractivity contribution is 5.38. The van der Waals surface area contributed by atoms with E-state index in [0.29, 0.717) is 0 Å². The molecule has 20 heavy (non-hydrogen) atoms. The summed E-state index contributed by atoms with van der Waals surface area (Å²) in [5.74, 6) is 1.69. The maximum atomic E-state index is 5.28. The molecule has 112 valence electrons. The summed E-state index contributed by atoms with van der Waals surface area (Å²) in [5.41, 5.74) is 1.20. The van der Waals surface area contributed by atoms with Crippen LogP contribution in [0.2, 0.25) is 0 Å². The summed E-state index contributed by atoms with van der Waals surface area (Å²) in [6.07, 6.45) is 3.95. The largest absolute Gasteiger partial charge is 0.497 e. The maximum absolute atomic E-state index is 5.28. The first kappa shape index (κ1) is 15.1. The molecule has 1 aromatic carbocycles. The van der Waals surface area contributed by atoms with Crippen LogP contribution in [0.3, 0.4) is 0 Å². The van der Waals surface area contributed by atoms with Gasteiger partial charge in [-0.25, -0.2) is 0 Å². The summed E-state index contributed by atoms with van der Waals surface area (Å²) in [5, 5.41) is 3.49. The van der Waals surface area contributed by atoms with Gasteiger partial charge in [-0.3, -0.25) is 0 Å². The molecule has 1 aliphatic heterocycles. The predicted octanol–water partition coefficient (Wildman–Crippen LogP) is 2.28. The predicted molar refractivity (Wildman–Crippen MR) is 81.5 cm³/mol. The van der Waals surface area contributed by atoms with Crippen molar-refractivity contribution in [3.05, 3.63) is 23.8 Å². The van der Waals surface area contributed by atoms with Crippen molar-refractivity contribution in [1.82, 2.24) is 10.2 Å². The van der Waals surface area contributed by atoms with E-state index >= 15 is 0 Å². The van der Waals surface area contributed by atoms with E-state index in [-0.39, 0.29) is 0 Å². The van der Waals surface area contributed by atoms with Gasteiger partial charge in [0.1, 0.15) is 11.5 Å². The molecule has 1 aliphatic rings. The number of rotatable bonds is 8. The van der Waals surface area contributed by atoms with Crippen molar-refractivity contribution in [2.24, 2.45) is 0 Å². The van der Waals surface area contributed by atoms with Gasteiger partial charge in [0.15, 0.2) is 0 Å². The lowest BCUT2D eigenvalue weighted by atomic mass is 10.2. The van der Waals surface area contributed by atoms with E-state index in [1.807, 2.05) is 6.07 Å². The quantitative estimate of drug-likeness (QED) is 0.740. The number of likely N-dealkylation sites (tertiary alicyclic amines) is 1. The summed E-state index contributed by atoms with van der Waals surface area (Å²) in [6.45, 7) is 5.69. The van der Waals surface area contributed by atoms with E-state index in [1.165, 1.54) is 44.5 Å². The second-order valence-corrected chi connectivity index (χ2v) is 5.30. The maximum Gasteiger partial charge on any atom is 0.122 e. The van der Waals surface area contributed by atoms with Gasteiger partial charge in [-0.05, 0) is 63.1 Å². The molecule has 0 amide bonds. The monoisotopic (exact) mass is 278 g/mol. The van der Waals surface area contributed by atoms with Gasteiger partial charge in [-0.1, -0.05) is 0 Å². The molecular weight excluding hydrogens is 252 g/mol. The SMILES string of the molecule is COc1cc(CNCCCN2CCCC2)cc(OC)c1. The van der Waals surface area contributed by atoms with Crippen molar-refractivity contribution < 1.29 is 9.47 Å². The summed E-state index contributed by atoms with van der Waals surface area (Å²) in [7, 11) is 3.37. The summed E-state index contributed by atoms with van der Waals surface area (Å²) in [4.78, 5) is 2.55. The van der Waals surface area contributed by atoms with Crippen molar-refractivity contribution in [1.29, 1.82) is 0 Å². The molecule has 4 nitrogen and oxygen atoms in total. The van der Waals surface area contributed by atoms with Crippen molar-refractivity contribution in [3.8, 4) is 11.5 Å². The van der Waals surface area contributed by atoms with Crippen LogP contribution in [0.15, 0.2) is 18.2 Å². The molecule has 1 fully saturated rings. The third kappa shape index (κ3) is 4.69. The Balaban J connectivity index is 1.70. The van der Waals surface area contributed by atoms with Crippen LogP contribution in [0.25, 0.3) is 0 Å². The Morgan fingerprint density at radius 2 is 1.70 bits per heavy atom. The van der Waals surface area contributed by atoms with Crippen LogP contribution in [-0.2, 0) is 6.54 Å². The average Bonchev–Trinajstić information content (AvgIpc) is 2.99. The molecule has 0 saturated carbocycles. The number of benzene rings is 1. The van der Waals surface area contributed by atoms with E-state index in [1.54, 1.807) is 14.2 Å². The molecule has 0 atom stereocenters. The highest BCUT2D eigenvalue weighted by Crippen LogP contribution is 2.22. The van der Waals surface area contributed by atoms with Gasteiger partial charge in [0.2, 0.25) is 0 Å². The van der Waals surface area contributed by atoms with E-state index in [9.17, 15) is 0 Å². The van der Waals surface area contributed by atoms with Crippen LogP contribution < -0.4 is 14.8 Å². The lowest BCUT2D eigenvalue weighted by Gasteiger charge is -2.14. The van der Waals surface area contributed by atoms with E-state index < -0.39 is 0 Å². The van der Waals surface area contributed by atoms with Gasteiger partial charge in [-0.15, -0.1) is 0 Å². The number of methoxy groups -OCH3 is 2. The molecule has 0 aromatic heterocycles. The van der Waals surface area contributed by atoms with Gasteiger partial charge in [-0.2, -0.15) is 0 Å². The van der Waals surface area contributed by atoms with E-state index in [4.69, 9.17) is 9.47 Å². The minimum atomic E-state index is 0.846. The fourth-order valence-corrected chi connectivity index (χ4v) is 2.64. The zero-order chi connectivity index (χ0) is 14.2. The number of hydrogen-bond acceptors (Lipinski definition) is 4. The standard InChI is InChI=1S/C16H26N2O2/c1-19-15-10-14(11-16(12-15)20-2)13-17-6-5-9-18-7-3-4-8-18/h10-12,17H,3-9,13H2,1-2H3. The van der Waals surface area contributed by atoms with Crippen LogP contribution in [0.1, 0.15) is 24.8 Å². The molecule has 0 unspecified atom stereocenters. The van der Waals surface area contributed by atoms with Crippen LogP contribution in [0.5, 0.6) is 11.5 Å². The molecule has 0 spiro atoms. The molecule has 0 aliphatic carbocycles. The van der Waals surface area contributed by atoms with Gasteiger partial charge in [0.25, 0.3) is 0 Å². The normalized spacial score (nSPS) is 15.5. The molecule has 0 bridgehead atoms. The van der Waals surface area contributed by atoms with Crippen LogP contribution in [0.4, 0.5) is 0 Å². The zero-order valence-electron chi connectivity index (χ0n) is 12.7. The third-order valence-corrected chi connectivity index (χ3v) is 3.77. The van der Waals surface area contributed by atoms with Crippen LogP contribution in [0, 0.1) is 0 Å². The number of nitrogens with one attached hydrogen (secondary N) is 1. The fraction of sp³-hybridized carbons (Fsp3) is 0.625. The molecule has 1 N–H and O–H groups in total. The van der Waals surface area contributed by atoms with Crippen molar-refractivity contribution in [2.75, 3.05) is 40.4 Å². The lowest BCUT2D eigenvalue weighted by molar-refractivity contribution is 0.331. The molecule has 1 saturated heterocycles. The third-order valence-electron chi connectivity index (χ3n) is 3.77. The zero-order valence-corrected chi connectivity index (χ0v) is 12.7. The molecule has 2 rings (SSSR count).